The van der Waals surface area contributed by atoms with E-state index < -0.39 is 0 Å². The molecule has 0 saturated carbocycles. The Bertz CT molecular complexity index is 581. The van der Waals surface area contributed by atoms with Crippen LogP contribution >= 0.6 is 38.5 Å². The van der Waals surface area contributed by atoms with Gasteiger partial charge in [0.25, 0.3) is 0 Å². The predicted molar refractivity (Wildman–Crippen MR) is 84.0 cm³/mol. The summed E-state index contributed by atoms with van der Waals surface area (Å²) < 4.78 is 2.11. The second kappa shape index (κ2) is 5.30. The molecular weight excluding hydrogens is 393 g/mol. The number of rotatable bonds is 2. The molecule has 2 rings (SSSR count). The van der Waals surface area contributed by atoms with E-state index in [-0.39, 0.29) is 0 Å². The van der Waals surface area contributed by atoms with Crippen LogP contribution in [-0.4, -0.2) is 30.3 Å². The molecular formula is C12H11BrIN3. The lowest BCUT2D eigenvalue weighted by Gasteiger charge is -2.08. The predicted octanol–water partition coefficient (Wildman–Crippen LogP) is 3.82. The Balaban J connectivity index is 2.69. The molecule has 0 atom stereocenters. The highest BCUT2D eigenvalue weighted by molar-refractivity contribution is 14.1. The van der Waals surface area contributed by atoms with E-state index in [0.717, 1.165) is 24.6 Å². The standard InChI is InChI=1S/C12H11BrIN3/c1-17(2)7-16-12-8-4-3-5-15-11(8)9(13)6-10(12)14/h3-7H,1-2H3. The molecule has 0 radical (unpaired) electrons. The minimum atomic E-state index is 0.943. The number of aliphatic imine (C=N–C) groups is 1. The molecule has 0 bridgehead atoms. The first kappa shape index (κ1) is 12.8. The summed E-state index contributed by atoms with van der Waals surface area (Å²) in [5.41, 5.74) is 1.91. The molecule has 1 heterocycles. The van der Waals surface area contributed by atoms with Crippen LogP contribution in [0.4, 0.5) is 5.69 Å². The minimum absolute atomic E-state index is 0.943. The van der Waals surface area contributed by atoms with Gasteiger partial charge in [-0.3, -0.25) is 4.98 Å². The van der Waals surface area contributed by atoms with Crippen molar-refractivity contribution in [3.8, 4) is 0 Å². The average Bonchev–Trinajstić information content (AvgIpc) is 2.28. The molecule has 0 amide bonds. The van der Waals surface area contributed by atoms with E-state index in [9.17, 15) is 0 Å². The fraction of sp³-hybridized carbons (Fsp3) is 0.167. The first-order valence-corrected chi connectivity index (χ1v) is 6.90. The maximum absolute atomic E-state index is 4.51. The smallest absolute Gasteiger partial charge is 0.0907 e. The summed E-state index contributed by atoms with van der Waals surface area (Å²) >= 11 is 5.82. The molecule has 2 aromatic rings. The second-order valence-corrected chi connectivity index (χ2v) is 5.81. The Hall–Kier alpha value is -0.690. The Morgan fingerprint density at radius 3 is 2.94 bits per heavy atom. The lowest BCUT2D eigenvalue weighted by Crippen LogP contribution is -2.07. The van der Waals surface area contributed by atoms with E-state index in [1.807, 2.05) is 37.2 Å². The van der Waals surface area contributed by atoms with E-state index >= 15 is 0 Å². The summed E-state index contributed by atoms with van der Waals surface area (Å²) in [6.07, 6.45) is 3.59. The zero-order valence-electron chi connectivity index (χ0n) is 9.48. The Morgan fingerprint density at radius 1 is 1.47 bits per heavy atom. The lowest BCUT2D eigenvalue weighted by atomic mass is 10.2. The molecule has 1 aromatic heterocycles. The topological polar surface area (TPSA) is 28.5 Å². The summed E-state index contributed by atoms with van der Waals surface area (Å²) in [5, 5.41) is 1.06. The maximum Gasteiger partial charge on any atom is 0.0907 e. The summed E-state index contributed by atoms with van der Waals surface area (Å²) in [5.74, 6) is 0. The van der Waals surface area contributed by atoms with Crippen LogP contribution < -0.4 is 0 Å². The van der Waals surface area contributed by atoms with Crippen LogP contribution in [0.25, 0.3) is 10.9 Å². The maximum atomic E-state index is 4.51. The van der Waals surface area contributed by atoms with Crippen molar-refractivity contribution in [2.24, 2.45) is 4.99 Å². The van der Waals surface area contributed by atoms with Gasteiger partial charge in [0.05, 0.1) is 17.5 Å². The third kappa shape index (κ3) is 2.77. The van der Waals surface area contributed by atoms with Gasteiger partial charge in [0.15, 0.2) is 0 Å². The Labute approximate surface area is 122 Å². The number of fused-ring (bicyclic) bond motifs is 1. The van der Waals surface area contributed by atoms with E-state index in [1.54, 1.807) is 12.5 Å². The first-order chi connectivity index (χ1) is 8.09. The zero-order valence-corrected chi connectivity index (χ0v) is 13.2. The van der Waals surface area contributed by atoms with Gasteiger partial charge in [0.2, 0.25) is 0 Å². The van der Waals surface area contributed by atoms with Gasteiger partial charge in [-0.2, -0.15) is 0 Å². The number of benzene rings is 1. The normalized spacial score (nSPS) is 11.3. The van der Waals surface area contributed by atoms with Gasteiger partial charge in [-0.25, -0.2) is 4.99 Å². The molecule has 5 heteroatoms. The Kier molecular flexibility index (Phi) is 3.98. The number of aromatic nitrogens is 1. The van der Waals surface area contributed by atoms with E-state index in [2.05, 4.69) is 48.5 Å². The minimum Gasteiger partial charge on any atom is -0.369 e. The number of hydrogen-bond donors (Lipinski definition) is 0. The van der Waals surface area contributed by atoms with Crippen molar-refractivity contribution < 1.29 is 0 Å². The SMILES string of the molecule is CN(C)C=Nc1c(I)cc(Br)c2ncccc12. The first-order valence-electron chi connectivity index (χ1n) is 5.03. The number of nitrogens with zero attached hydrogens (tertiary/aromatic N) is 3. The Morgan fingerprint density at radius 2 is 2.24 bits per heavy atom. The van der Waals surface area contributed by atoms with Crippen LogP contribution in [0.5, 0.6) is 0 Å². The molecule has 0 N–H and O–H groups in total. The van der Waals surface area contributed by atoms with E-state index in [0.29, 0.717) is 0 Å². The summed E-state index contributed by atoms with van der Waals surface area (Å²) in [4.78, 5) is 10.8. The molecule has 0 aliphatic heterocycles. The van der Waals surface area contributed by atoms with Crippen molar-refractivity contribution in [3.05, 3.63) is 32.4 Å². The number of halogens is 2. The lowest BCUT2D eigenvalue weighted by molar-refractivity contribution is 0.643. The molecule has 88 valence electrons. The highest BCUT2D eigenvalue weighted by Crippen LogP contribution is 2.34. The summed E-state index contributed by atoms with van der Waals surface area (Å²) in [6, 6.07) is 6.01. The van der Waals surface area contributed by atoms with Crippen LogP contribution in [0, 0.1) is 3.57 Å². The van der Waals surface area contributed by atoms with Crippen molar-refractivity contribution in [1.29, 1.82) is 0 Å². The van der Waals surface area contributed by atoms with Crippen molar-refractivity contribution in [3.63, 3.8) is 0 Å². The molecule has 17 heavy (non-hydrogen) atoms. The average molecular weight is 404 g/mol. The molecule has 0 saturated heterocycles. The van der Waals surface area contributed by atoms with Crippen molar-refractivity contribution in [2.75, 3.05) is 14.1 Å². The van der Waals surface area contributed by atoms with Gasteiger partial charge < -0.3 is 4.90 Å². The van der Waals surface area contributed by atoms with Crippen LogP contribution in [0.3, 0.4) is 0 Å². The van der Waals surface area contributed by atoms with Gasteiger partial charge in [0, 0.05) is 33.7 Å². The van der Waals surface area contributed by atoms with Gasteiger partial charge in [0.1, 0.15) is 0 Å². The fourth-order valence-electron chi connectivity index (χ4n) is 1.47. The summed E-state index contributed by atoms with van der Waals surface area (Å²) in [7, 11) is 3.91. The van der Waals surface area contributed by atoms with Crippen molar-refractivity contribution in [1.82, 2.24) is 9.88 Å². The van der Waals surface area contributed by atoms with Crippen LogP contribution in [0.2, 0.25) is 0 Å². The molecule has 0 unspecified atom stereocenters. The second-order valence-electron chi connectivity index (χ2n) is 3.80. The van der Waals surface area contributed by atoms with Gasteiger partial charge >= 0.3 is 0 Å². The molecule has 0 fully saturated rings. The molecule has 3 nitrogen and oxygen atoms in total. The molecule has 0 aliphatic carbocycles. The summed E-state index contributed by atoms with van der Waals surface area (Å²) in [6.45, 7) is 0. The fourth-order valence-corrected chi connectivity index (χ4v) is 3.18. The van der Waals surface area contributed by atoms with Crippen molar-refractivity contribution >= 4 is 61.4 Å². The largest absolute Gasteiger partial charge is 0.369 e. The zero-order chi connectivity index (χ0) is 12.4. The third-order valence-electron chi connectivity index (χ3n) is 2.19. The van der Waals surface area contributed by atoms with Gasteiger partial charge in [-0.1, -0.05) is 0 Å². The quantitative estimate of drug-likeness (QED) is 0.433. The van der Waals surface area contributed by atoms with Crippen molar-refractivity contribution in [2.45, 2.75) is 0 Å². The molecule has 1 aromatic carbocycles. The molecule has 0 aliphatic rings. The monoisotopic (exact) mass is 403 g/mol. The third-order valence-corrected chi connectivity index (χ3v) is 3.61. The van der Waals surface area contributed by atoms with Crippen LogP contribution in [0.15, 0.2) is 33.9 Å². The van der Waals surface area contributed by atoms with Gasteiger partial charge in [-0.05, 0) is 56.7 Å². The highest BCUT2D eigenvalue weighted by Gasteiger charge is 2.08. The van der Waals surface area contributed by atoms with E-state index in [1.165, 1.54) is 0 Å². The van der Waals surface area contributed by atoms with E-state index in [4.69, 9.17) is 0 Å². The highest BCUT2D eigenvalue weighted by atomic mass is 127. The molecule has 0 spiro atoms. The van der Waals surface area contributed by atoms with Crippen LogP contribution in [-0.2, 0) is 0 Å². The number of hydrogen-bond acceptors (Lipinski definition) is 2. The van der Waals surface area contributed by atoms with Gasteiger partial charge in [-0.15, -0.1) is 0 Å². The van der Waals surface area contributed by atoms with Crippen LogP contribution in [0.1, 0.15) is 0 Å². The number of pyridine rings is 1.